The number of hydrogen-bond acceptors (Lipinski definition) is 3. The molecular formula is C11H22N2O4S. The molecule has 6 nitrogen and oxygen atoms in total. The third kappa shape index (κ3) is 5.32. The molecule has 0 heterocycles. The van der Waals surface area contributed by atoms with Gasteiger partial charge in [-0.25, -0.2) is 4.72 Å². The molecule has 1 aliphatic rings. The zero-order valence-electron chi connectivity index (χ0n) is 10.8. The van der Waals surface area contributed by atoms with Crippen molar-refractivity contribution in [1.29, 1.82) is 0 Å². The van der Waals surface area contributed by atoms with E-state index in [4.69, 9.17) is 5.11 Å². The molecule has 7 heteroatoms. The van der Waals surface area contributed by atoms with Crippen LogP contribution in [-0.2, 0) is 15.0 Å². The van der Waals surface area contributed by atoms with Gasteiger partial charge in [-0.05, 0) is 18.8 Å². The Balaban J connectivity index is 2.35. The van der Waals surface area contributed by atoms with Gasteiger partial charge in [-0.2, -0.15) is 12.7 Å². The molecule has 0 radical (unpaired) electrons. The Kier molecular flexibility index (Phi) is 6.04. The molecule has 0 bridgehead atoms. The smallest absolute Gasteiger partial charge is 0.304 e. The van der Waals surface area contributed by atoms with Gasteiger partial charge in [0.05, 0.1) is 6.42 Å². The molecule has 0 aromatic rings. The van der Waals surface area contributed by atoms with Crippen molar-refractivity contribution in [2.24, 2.45) is 5.92 Å². The van der Waals surface area contributed by atoms with Crippen molar-refractivity contribution in [3.8, 4) is 0 Å². The predicted molar refractivity (Wildman–Crippen MR) is 68.4 cm³/mol. The van der Waals surface area contributed by atoms with Crippen LogP contribution in [0.3, 0.4) is 0 Å². The summed E-state index contributed by atoms with van der Waals surface area (Å²) in [6.45, 7) is 0.453. The number of nitrogens with one attached hydrogen (secondary N) is 1. The molecule has 106 valence electrons. The first kappa shape index (κ1) is 15.4. The van der Waals surface area contributed by atoms with Crippen LogP contribution >= 0.6 is 0 Å². The highest BCUT2D eigenvalue weighted by atomic mass is 32.2. The maximum absolute atomic E-state index is 11.8. The lowest BCUT2D eigenvalue weighted by Gasteiger charge is -2.23. The van der Waals surface area contributed by atoms with E-state index in [2.05, 4.69) is 4.72 Å². The van der Waals surface area contributed by atoms with Gasteiger partial charge >= 0.3 is 5.97 Å². The van der Waals surface area contributed by atoms with Gasteiger partial charge in [0.1, 0.15) is 0 Å². The summed E-state index contributed by atoms with van der Waals surface area (Å²) >= 11 is 0. The molecule has 1 saturated carbocycles. The highest BCUT2D eigenvalue weighted by Gasteiger charge is 2.21. The van der Waals surface area contributed by atoms with E-state index in [1.165, 1.54) is 26.3 Å². The van der Waals surface area contributed by atoms with Gasteiger partial charge in [0.2, 0.25) is 0 Å². The van der Waals surface area contributed by atoms with Crippen LogP contribution in [0.5, 0.6) is 0 Å². The van der Waals surface area contributed by atoms with Gasteiger partial charge in [0.25, 0.3) is 10.2 Å². The van der Waals surface area contributed by atoms with E-state index in [-0.39, 0.29) is 13.0 Å². The molecule has 0 unspecified atom stereocenters. The number of carboxylic acids is 1. The highest BCUT2D eigenvalue weighted by Crippen LogP contribution is 2.22. The van der Waals surface area contributed by atoms with Gasteiger partial charge < -0.3 is 5.11 Å². The SMILES string of the molecule is CN(CCC(=O)O)S(=O)(=O)NCC1CCCCC1. The summed E-state index contributed by atoms with van der Waals surface area (Å²) in [6.07, 6.45) is 5.54. The van der Waals surface area contributed by atoms with Crippen molar-refractivity contribution < 1.29 is 18.3 Å². The minimum Gasteiger partial charge on any atom is -0.481 e. The van der Waals surface area contributed by atoms with Crippen LogP contribution in [0.25, 0.3) is 0 Å². The van der Waals surface area contributed by atoms with Crippen LogP contribution < -0.4 is 4.72 Å². The number of carbonyl (C=O) groups is 1. The fraction of sp³-hybridized carbons (Fsp3) is 0.909. The summed E-state index contributed by atoms with van der Waals surface area (Å²) in [5.74, 6) is -0.578. The molecule has 18 heavy (non-hydrogen) atoms. The molecule has 0 aromatic carbocycles. The number of rotatable bonds is 7. The average Bonchev–Trinajstić information content (AvgIpc) is 2.34. The zero-order chi connectivity index (χ0) is 13.6. The molecule has 1 fully saturated rings. The first-order valence-electron chi connectivity index (χ1n) is 6.34. The molecule has 1 aliphatic carbocycles. The van der Waals surface area contributed by atoms with Crippen molar-refractivity contribution in [2.75, 3.05) is 20.1 Å². The molecule has 0 aromatic heterocycles. The van der Waals surface area contributed by atoms with E-state index in [1.54, 1.807) is 0 Å². The number of nitrogens with zero attached hydrogens (tertiary/aromatic N) is 1. The summed E-state index contributed by atoms with van der Waals surface area (Å²) in [4.78, 5) is 10.4. The zero-order valence-corrected chi connectivity index (χ0v) is 11.6. The third-order valence-electron chi connectivity index (χ3n) is 3.33. The predicted octanol–water partition coefficient (Wildman–Crippen LogP) is 0.808. The molecule has 0 aliphatic heterocycles. The lowest BCUT2D eigenvalue weighted by Crippen LogP contribution is -2.41. The van der Waals surface area contributed by atoms with Crippen molar-refractivity contribution in [1.82, 2.24) is 9.03 Å². The van der Waals surface area contributed by atoms with Crippen LogP contribution in [0.15, 0.2) is 0 Å². The van der Waals surface area contributed by atoms with Gasteiger partial charge in [0.15, 0.2) is 0 Å². The normalized spacial score (nSPS) is 18.1. The molecule has 0 atom stereocenters. The quantitative estimate of drug-likeness (QED) is 0.721. The Bertz CT molecular complexity index is 363. The minimum absolute atomic E-state index is 0.00463. The summed E-state index contributed by atoms with van der Waals surface area (Å²) in [6, 6.07) is 0. The minimum atomic E-state index is -3.54. The van der Waals surface area contributed by atoms with Crippen LogP contribution in [0.2, 0.25) is 0 Å². The Morgan fingerprint density at radius 2 is 1.94 bits per heavy atom. The molecular weight excluding hydrogens is 256 g/mol. The van der Waals surface area contributed by atoms with E-state index < -0.39 is 16.2 Å². The lowest BCUT2D eigenvalue weighted by atomic mass is 9.90. The highest BCUT2D eigenvalue weighted by molar-refractivity contribution is 7.87. The number of hydrogen-bond donors (Lipinski definition) is 2. The Morgan fingerprint density at radius 3 is 2.50 bits per heavy atom. The monoisotopic (exact) mass is 278 g/mol. The number of aliphatic carboxylic acids is 1. The summed E-state index contributed by atoms with van der Waals surface area (Å²) in [7, 11) is -2.14. The maximum Gasteiger partial charge on any atom is 0.304 e. The second kappa shape index (κ2) is 7.06. The van der Waals surface area contributed by atoms with E-state index in [9.17, 15) is 13.2 Å². The summed E-state index contributed by atoms with van der Waals surface area (Å²) < 4.78 is 27.2. The molecule has 0 amide bonds. The van der Waals surface area contributed by atoms with E-state index in [1.807, 2.05) is 0 Å². The molecule has 1 rings (SSSR count). The van der Waals surface area contributed by atoms with Gasteiger partial charge in [-0.1, -0.05) is 19.3 Å². The van der Waals surface area contributed by atoms with Gasteiger partial charge in [0, 0.05) is 20.1 Å². The largest absolute Gasteiger partial charge is 0.481 e. The Labute approximate surface area is 109 Å². The maximum atomic E-state index is 11.8. The van der Waals surface area contributed by atoms with Gasteiger partial charge in [-0.15, -0.1) is 0 Å². The first-order valence-corrected chi connectivity index (χ1v) is 7.78. The summed E-state index contributed by atoms with van der Waals surface area (Å²) in [5.41, 5.74) is 0. The lowest BCUT2D eigenvalue weighted by molar-refractivity contribution is -0.137. The van der Waals surface area contributed by atoms with Crippen molar-refractivity contribution in [2.45, 2.75) is 38.5 Å². The fourth-order valence-electron chi connectivity index (χ4n) is 2.10. The van der Waals surface area contributed by atoms with Crippen LogP contribution in [-0.4, -0.2) is 43.9 Å². The number of carboxylic acid groups (broad SMARTS) is 1. The molecule has 2 N–H and O–H groups in total. The van der Waals surface area contributed by atoms with Crippen LogP contribution in [0.4, 0.5) is 0 Å². The second-order valence-corrected chi connectivity index (χ2v) is 6.68. The van der Waals surface area contributed by atoms with Crippen molar-refractivity contribution in [3.05, 3.63) is 0 Å². The standard InChI is InChI=1S/C11H22N2O4S/c1-13(8-7-11(14)15)18(16,17)12-9-10-5-3-2-4-6-10/h10,12H,2-9H2,1H3,(H,14,15). The fourth-order valence-corrected chi connectivity index (χ4v) is 3.10. The second-order valence-electron chi connectivity index (χ2n) is 4.82. The molecule has 0 saturated heterocycles. The van der Waals surface area contributed by atoms with Gasteiger partial charge in [-0.3, -0.25) is 4.79 Å². The topological polar surface area (TPSA) is 86.7 Å². The van der Waals surface area contributed by atoms with Crippen LogP contribution in [0, 0.1) is 5.92 Å². The van der Waals surface area contributed by atoms with Crippen molar-refractivity contribution >= 4 is 16.2 Å². The third-order valence-corrected chi connectivity index (χ3v) is 4.86. The average molecular weight is 278 g/mol. The van der Waals surface area contributed by atoms with Crippen molar-refractivity contribution in [3.63, 3.8) is 0 Å². The van der Waals surface area contributed by atoms with E-state index in [0.717, 1.165) is 17.1 Å². The Hall–Kier alpha value is -0.660. The van der Waals surface area contributed by atoms with E-state index in [0.29, 0.717) is 12.5 Å². The van der Waals surface area contributed by atoms with E-state index >= 15 is 0 Å². The summed E-state index contributed by atoms with van der Waals surface area (Å²) in [5, 5.41) is 8.52. The van der Waals surface area contributed by atoms with Crippen LogP contribution in [0.1, 0.15) is 38.5 Å². The Morgan fingerprint density at radius 1 is 1.33 bits per heavy atom. The molecule has 0 spiro atoms. The first-order chi connectivity index (χ1) is 8.42.